The second kappa shape index (κ2) is 9.84. The Kier molecular flexibility index (Phi) is 8.10. The van der Waals surface area contributed by atoms with Gasteiger partial charge in [-0.15, -0.1) is 0 Å². The molecule has 1 heterocycles. The van der Waals surface area contributed by atoms with Crippen molar-refractivity contribution < 1.29 is 4.74 Å². The zero-order valence-corrected chi connectivity index (χ0v) is 14.3. The van der Waals surface area contributed by atoms with Gasteiger partial charge in [0.15, 0.2) is 0 Å². The molecule has 0 unspecified atom stereocenters. The molecular formula is C19H37NO. The molecule has 21 heavy (non-hydrogen) atoms. The van der Waals surface area contributed by atoms with Gasteiger partial charge in [-0.25, -0.2) is 0 Å². The number of ether oxygens (including phenoxy) is 1. The molecular weight excluding hydrogens is 258 g/mol. The number of hydrogen-bond acceptors (Lipinski definition) is 2. The number of nitrogens with one attached hydrogen (secondary N) is 1. The molecule has 1 N–H and O–H groups in total. The van der Waals surface area contributed by atoms with E-state index in [1.807, 2.05) is 0 Å². The molecule has 0 aromatic carbocycles. The molecule has 2 nitrogen and oxygen atoms in total. The lowest BCUT2D eigenvalue weighted by molar-refractivity contribution is 0.0225. The summed E-state index contributed by atoms with van der Waals surface area (Å²) in [5, 5.41) is 3.93. The van der Waals surface area contributed by atoms with Crippen LogP contribution in [0.4, 0.5) is 0 Å². The summed E-state index contributed by atoms with van der Waals surface area (Å²) >= 11 is 0. The maximum atomic E-state index is 5.52. The maximum Gasteiger partial charge on any atom is 0.0471 e. The molecule has 1 aliphatic heterocycles. The van der Waals surface area contributed by atoms with Crippen LogP contribution in [0.25, 0.3) is 0 Å². The zero-order chi connectivity index (χ0) is 14.8. The van der Waals surface area contributed by atoms with Gasteiger partial charge in [-0.1, -0.05) is 64.7 Å². The summed E-state index contributed by atoms with van der Waals surface area (Å²) in [6.45, 7) is 5.56. The fourth-order valence-electron chi connectivity index (χ4n) is 3.80. The Hall–Kier alpha value is -0.0800. The van der Waals surface area contributed by atoms with Crippen molar-refractivity contribution in [2.45, 2.75) is 96.4 Å². The molecule has 124 valence electrons. The summed E-state index contributed by atoms with van der Waals surface area (Å²) in [6.07, 6.45) is 18.3. The average Bonchev–Trinajstić information content (AvgIpc) is 2.47. The van der Waals surface area contributed by atoms with Crippen LogP contribution < -0.4 is 5.32 Å². The minimum Gasteiger partial charge on any atom is -0.381 e. The Labute approximate surface area is 132 Å². The van der Waals surface area contributed by atoms with Gasteiger partial charge in [-0.2, -0.15) is 0 Å². The van der Waals surface area contributed by atoms with Crippen LogP contribution in [0, 0.1) is 5.41 Å². The smallest absolute Gasteiger partial charge is 0.0471 e. The molecule has 0 atom stereocenters. The van der Waals surface area contributed by atoms with Crippen LogP contribution in [0.3, 0.4) is 0 Å². The molecule has 0 aromatic heterocycles. The highest BCUT2D eigenvalue weighted by Gasteiger charge is 2.27. The van der Waals surface area contributed by atoms with Crippen LogP contribution in [-0.4, -0.2) is 25.8 Å². The third kappa shape index (κ3) is 7.15. The van der Waals surface area contributed by atoms with Crippen LogP contribution in [0.15, 0.2) is 0 Å². The van der Waals surface area contributed by atoms with Crippen molar-refractivity contribution in [3.8, 4) is 0 Å². The summed E-state index contributed by atoms with van der Waals surface area (Å²) in [6, 6.07) is 0.768. The van der Waals surface area contributed by atoms with Gasteiger partial charge >= 0.3 is 0 Å². The van der Waals surface area contributed by atoms with E-state index < -0.39 is 0 Å². The van der Waals surface area contributed by atoms with E-state index in [4.69, 9.17) is 4.74 Å². The van der Waals surface area contributed by atoms with Gasteiger partial charge in [-0.3, -0.25) is 0 Å². The molecule has 1 aliphatic carbocycles. The molecule has 0 radical (unpaired) electrons. The van der Waals surface area contributed by atoms with Crippen molar-refractivity contribution in [3.63, 3.8) is 0 Å². The lowest BCUT2D eigenvalue weighted by Gasteiger charge is -2.35. The van der Waals surface area contributed by atoms with E-state index in [1.165, 1.54) is 90.0 Å². The largest absolute Gasteiger partial charge is 0.381 e. The van der Waals surface area contributed by atoms with E-state index in [-0.39, 0.29) is 0 Å². The van der Waals surface area contributed by atoms with Gasteiger partial charge in [0.05, 0.1) is 0 Å². The van der Waals surface area contributed by atoms with Crippen LogP contribution in [0.2, 0.25) is 0 Å². The number of rotatable bonds is 3. The first kappa shape index (κ1) is 17.3. The molecule has 1 saturated carbocycles. The SMILES string of the molecule is CC1(CNC2CCCCCCCCCCC2)CCOCC1. The molecule has 2 rings (SSSR count). The van der Waals surface area contributed by atoms with E-state index in [9.17, 15) is 0 Å². The monoisotopic (exact) mass is 295 g/mol. The lowest BCUT2D eigenvalue weighted by Crippen LogP contribution is -2.41. The van der Waals surface area contributed by atoms with Gasteiger partial charge in [0.25, 0.3) is 0 Å². The van der Waals surface area contributed by atoms with Gasteiger partial charge in [-0.05, 0) is 31.1 Å². The average molecular weight is 296 g/mol. The minimum absolute atomic E-state index is 0.474. The summed E-state index contributed by atoms with van der Waals surface area (Å²) in [4.78, 5) is 0. The second-order valence-electron chi connectivity index (χ2n) is 7.76. The molecule has 2 aliphatic rings. The Morgan fingerprint density at radius 1 is 0.810 bits per heavy atom. The van der Waals surface area contributed by atoms with Crippen LogP contribution in [0.1, 0.15) is 90.4 Å². The summed E-state index contributed by atoms with van der Waals surface area (Å²) in [7, 11) is 0. The molecule has 2 heteroatoms. The standard InChI is InChI=1S/C19H37NO/c1-19(13-15-21-16-14-19)17-20-18-11-9-7-5-3-2-4-6-8-10-12-18/h18,20H,2-17H2,1H3. The molecule has 0 aromatic rings. The van der Waals surface area contributed by atoms with E-state index in [1.54, 1.807) is 0 Å². The molecule has 1 saturated heterocycles. The Bertz CT molecular complexity index is 248. The molecule has 0 bridgehead atoms. The maximum absolute atomic E-state index is 5.52. The van der Waals surface area contributed by atoms with Crippen molar-refractivity contribution in [1.29, 1.82) is 0 Å². The van der Waals surface area contributed by atoms with E-state index in [2.05, 4.69) is 12.2 Å². The van der Waals surface area contributed by atoms with E-state index in [0.29, 0.717) is 5.41 Å². The van der Waals surface area contributed by atoms with Gasteiger partial charge < -0.3 is 10.1 Å². The fourth-order valence-corrected chi connectivity index (χ4v) is 3.80. The summed E-state index contributed by atoms with van der Waals surface area (Å²) in [5.74, 6) is 0. The van der Waals surface area contributed by atoms with Gasteiger partial charge in [0.1, 0.15) is 0 Å². The first-order valence-corrected chi connectivity index (χ1v) is 9.60. The van der Waals surface area contributed by atoms with Crippen LogP contribution in [-0.2, 0) is 4.74 Å². The summed E-state index contributed by atoms with van der Waals surface area (Å²) in [5.41, 5.74) is 0.474. The predicted octanol–water partition coefficient (Wildman–Crippen LogP) is 5.07. The van der Waals surface area contributed by atoms with Crippen LogP contribution in [0.5, 0.6) is 0 Å². The topological polar surface area (TPSA) is 21.3 Å². The van der Waals surface area contributed by atoms with Gasteiger partial charge in [0, 0.05) is 25.8 Å². The quantitative estimate of drug-likeness (QED) is 0.785. The van der Waals surface area contributed by atoms with Gasteiger partial charge in [0.2, 0.25) is 0 Å². The van der Waals surface area contributed by atoms with Crippen molar-refractivity contribution in [3.05, 3.63) is 0 Å². The Morgan fingerprint density at radius 2 is 1.29 bits per heavy atom. The van der Waals surface area contributed by atoms with E-state index >= 15 is 0 Å². The highest BCUT2D eigenvalue weighted by molar-refractivity contribution is 4.81. The first-order chi connectivity index (χ1) is 10.3. The summed E-state index contributed by atoms with van der Waals surface area (Å²) < 4.78 is 5.52. The van der Waals surface area contributed by atoms with E-state index in [0.717, 1.165) is 19.3 Å². The third-order valence-corrected chi connectivity index (χ3v) is 5.62. The minimum atomic E-state index is 0.474. The van der Waals surface area contributed by atoms with Crippen molar-refractivity contribution >= 4 is 0 Å². The zero-order valence-electron chi connectivity index (χ0n) is 14.3. The van der Waals surface area contributed by atoms with Crippen molar-refractivity contribution in [1.82, 2.24) is 5.32 Å². The number of hydrogen-bond donors (Lipinski definition) is 1. The highest BCUT2D eigenvalue weighted by atomic mass is 16.5. The molecule has 2 fully saturated rings. The lowest BCUT2D eigenvalue weighted by atomic mass is 9.82. The fraction of sp³-hybridized carbons (Fsp3) is 1.00. The van der Waals surface area contributed by atoms with Crippen molar-refractivity contribution in [2.24, 2.45) is 5.41 Å². The van der Waals surface area contributed by atoms with Crippen molar-refractivity contribution in [2.75, 3.05) is 19.8 Å². The Morgan fingerprint density at radius 3 is 1.81 bits per heavy atom. The van der Waals surface area contributed by atoms with Crippen LogP contribution >= 0.6 is 0 Å². The third-order valence-electron chi connectivity index (χ3n) is 5.62. The predicted molar refractivity (Wildman–Crippen MR) is 90.7 cm³/mol. The Balaban J connectivity index is 1.72. The molecule has 0 amide bonds. The molecule has 0 spiro atoms. The second-order valence-corrected chi connectivity index (χ2v) is 7.76. The first-order valence-electron chi connectivity index (χ1n) is 9.60. The highest BCUT2D eigenvalue weighted by Crippen LogP contribution is 2.29. The normalized spacial score (nSPS) is 26.7.